The molecule has 1 amide bonds. The minimum absolute atomic E-state index is 0.0542. The third-order valence-electron chi connectivity index (χ3n) is 3.35. The molecule has 1 unspecified atom stereocenters. The lowest BCUT2D eigenvalue weighted by molar-refractivity contribution is 0.0706. The van der Waals surface area contributed by atoms with Gasteiger partial charge in [-0.05, 0) is 37.5 Å². The van der Waals surface area contributed by atoms with Crippen LogP contribution in [0.25, 0.3) is 0 Å². The zero-order valence-corrected chi connectivity index (χ0v) is 11.2. The number of rotatable bonds is 3. The molecule has 3 heteroatoms. The number of aromatic hydroxyl groups is 1. The molecule has 0 spiro atoms. The fraction of sp³-hybridized carbons (Fsp3) is 0.500. The van der Waals surface area contributed by atoms with Gasteiger partial charge in [-0.25, -0.2) is 0 Å². The number of hydrogen-bond donors (Lipinski definition) is 1. The number of carbonyl (C=O) groups excluding carboxylic acids is 1. The van der Waals surface area contributed by atoms with Crippen LogP contribution in [-0.2, 0) is 0 Å². The van der Waals surface area contributed by atoms with Crippen molar-refractivity contribution in [2.75, 3.05) is 7.05 Å². The van der Waals surface area contributed by atoms with E-state index < -0.39 is 0 Å². The van der Waals surface area contributed by atoms with Crippen LogP contribution >= 0.6 is 0 Å². The number of hydrogen-bond acceptors (Lipinski definition) is 2. The standard InChI is InChI=1S/C14H21NO2/c1-9(2)11(4)15(5)14(17)12-7-6-10(3)13(16)8-12/h6-9,11,16H,1-5H3. The lowest BCUT2D eigenvalue weighted by atomic mass is 10.0. The molecule has 1 aromatic carbocycles. The van der Waals surface area contributed by atoms with Crippen molar-refractivity contribution >= 4 is 5.91 Å². The summed E-state index contributed by atoms with van der Waals surface area (Å²) >= 11 is 0. The Balaban J connectivity index is 2.92. The first kappa shape index (κ1) is 13.6. The first-order valence-electron chi connectivity index (χ1n) is 5.91. The van der Waals surface area contributed by atoms with Crippen LogP contribution in [0.15, 0.2) is 18.2 Å². The van der Waals surface area contributed by atoms with E-state index >= 15 is 0 Å². The molecule has 1 rings (SSSR count). The third kappa shape index (κ3) is 2.99. The van der Waals surface area contributed by atoms with Crippen molar-refractivity contribution in [2.24, 2.45) is 5.92 Å². The van der Waals surface area contributed by atoms with Gasteiger partial charge in [0.15, 0.2) is 0 Å². The summed E-state index contributed by atoms with van der Waals surface area (Å²) < 4.78 is 0. The first-order chi connectivity index (χ1) is 7.84. The van der Waals surface area contributed by atoms with Crippen molar-refractivity contribution in [1.82, 2.24) is 4.90 Å². The van der Waals surface area contributed by atoms with Gasteiger partial charge in [0.25, 0.3) is 5.91 Å². The molecule has 0 aliphatic heterocycles. The van der Waals surface area contributed by atoms with Gasteiger partial charge in [0.2, 0.25) is 0 Å². The fourth-order valence-corrected chi connectivity index (χ4v) is 1.58. The van der Waals surface area contributed by atoms with Gasteiger partial charge >= 0.3 is 0 Å². The summed E-state index contributed by atoms with van der Waals surface area (Å²) in [5.41, 5.74) is 1.31. The van der Waals surface area contributed by atoms with E-state index in [9.17, 15) is 9.90 Å². The summed E-state index contributed by atoms with van der Waals surface area (Å²) in [6.07, 6.45) is 0. The third-order valence-corrected chi connectivity index (χ3v) is 3.35. The van der Waals surface area contributed by atoms with Crippen LogP contribution in [0.1, 0.15) is 36.7 Å². The Morgan fingerprint density at radius 2 is 1.88 bits per heavy atom. The second kappa shape index (κ2) is 5.21. The van der Waals surface area contributed by atoms with Crippen LogP contribution in [0.5, 0.6) is 5.75 Å². The number of nitrogens with zero attached hydrogens (tertiary/aromatic N) is 1. The summed E-state index contributed by atoms with van der Waals surface area (Å²) in [5, 5.41) is 9.61. The molecular formula is C14H21NO2. The topological polar surface area (TPSA) is 40.5 Å². The van der Waals surface area contributed by atoms with Gasteiger partial charge in [0, 0.05) is 18.7 Å². The van der Waals surface area contributed by atoms with E-state index in [1.54, 1.807) is 24.1 Å². The zero-order valence-electron chi connectivity index (χ0n) is 11.2. The summed E-state index contributed by atoms with van der Waals surface area (Å²) in [6.45, 7) is 8.00. The molecule has 17 heavy (non-hydrogen) atoms. The maximum Gasteiger partial charge on any atom is 0.253 e. The van der Waals surface area contributed by atoms with Crippen molar-refractivity contribution in [3.8, 4) is 5.75 Å². The molecule has 0 radical (unpaired) electrons. The van der Waals surface area contributed by atoms with Crippen LogP contribution in [0.4, 0.5) is 0 Å². The lowest BCUT2D eigenvalue weighted by Gasteiger charge is -2.28. The van der Waals surface area contributed by atoms with Crippen molar-refractivity contribution in [3.63, 3.8) is 0 Å². The molecule has 0 bridgehead atoms. The van der Waals surface area contributed by atoms with Gasteiger partial charge < -0.3 is 10.0 Å². The average molecular weight is 235 g/mol. The molecule has 0 saturated heterocycles. The Morgan fingerprint density at radius 1 is 1.29 bits per heavy atom. The Hall–Kier alpha value is -1.51. The maximum absolute atomic E-state index is 12.2. The maximum atomic E-state index is 12.2. The van der Waals surface area contributed by atoms with Gasteiger partial charge in [0.05, 0.1) is 0 Å². The second-order valence-electron chi connectivity index (χ2n) is 4.90. The minimum Gasteiger partial charge on any atom is -0.508 e. The van der Waals surface area contributed by atoms with Crippen molar-refractivity contribution in [2.45, 2.75) is 33.7 Å². The fourth-order valence-electron chi connectivity index (χ4n) is 1.58. The molecule has 3 nitrogen and oxygen atoms in total. The molecule has 94 valence electrons. The highest BCUT2D eigenvalue weighted by Crippen LogP contribution is 2.19. The Labute approximate surface area is 103 Å². The van der Waals surface area contributed by atoms with Crippen LogP contribution < -0.4 is 0 Å². The largest absolute Gasteiger partial charge is 0.508 e. The number of aryl methyl sites for hydroxylation is 1. The molecule has 0 aromatic heterocycles. The molecule has 0 fully saturated rings. The van der Waals surface area contributed by atoms with E-state index in [0.29, 0.717) is 11.5 Å². The summed E-state index contributed by atoms with van der Waals surface area (Å²) in [7, 11) is 1.80. The van der Waals surface area contributed by atoms with E-state index in [1.165, 1.54) is 6.07 Å². The quantitative estimate of drug-likeness (QED) is 0.875. The summed E-state index contributed by atoms with van der Waals surface area (Å²) in [5.74, 6) is 0.519. The van der Waals surface area contributed by atoms with Gasteiger partial charge in [-0.15, -0.1) is 0 Å². The van der Waals surface area contributed by atoms with E-state index in [1.807, 2.05) is 13.8 Å². The SMILES string of the molecule is Cc1ccc(C(=O)N(C)C(C)C(C)C)cc1O. The number of benzene rings is 1. The number of carbonyl (C=O) groups is 1. The first-order valence-corrected chi connectivity index (χ1v) is 5.91. The average Bonchev–Trinajstić information content (AvgIpc) is 2.29. The molecular weight excluding hydrogens is 214 g/mol. The van der Waals surface area contributed by atoms with E-state index in [-0.39, 0.29) is 17.7 Å². The van der Waals surface area contributed by atoms with Crippen LogP contribution in [-0.4, -0.2) is 29.0 Å². The predicted molar refractivity (Wildman–Crippen MR) is 69.2 cm³/mol. The highest BCUT2D eigenvalue weighted by atomic mass is 16.3. The van der Waals surface area contributed by atoms with E-state index in [4.69, 9.17) is 0 Å². The molecule has 0 aliphatic carbocycles. The Kier molecular flexibility index (Phi) is 4.16. The van der Waals surface area contributed by atoms with Crippen LogP contribution in [0.2, 0.25) is 0 Å². The number of amides is 1. The Morgan fingerprint density at radius 3 is 2.35 bits per heavy atom. The van der Waals surface area contributed by atoms with Gasteiger partial charge in [-0.3, -0.25) is 4.79 Å². The Bertz CT molecular complexity index is 413. The highest BCUT2D eigenvalue weighted by Gasteiger charge is 2.20. The molecule has 0 heterocycles. The summed E-state index contributed by atoms with van der Waals surface area (Å²) in [6, 6.07) is 5.21. The van der Waals surface area contributed by atoms with E-state index in [2.05, 4.69) is 13.8 Å². The molecule has 1 atom stereocenters. The van der Waals surface area contributed by atoms with Gasteiger partial charge in [0.1, 0.15) is 5.75 Å². The highest BCUT2D eigenvalue weighted by molar-refractivity contribution is 5.94. The zero-order chi connectivity index (χ0) is 13.2. The molecule has 1 N–H and O–H groups in total. The number of phenols is 1. The van der Waals surface area contributed by atoms with Crippen molar-refractivity contribution in [1.29, 1.82) is 0 Å². The monoisotopic (exact) mass is 235 g/mol. The van der Waals surface area contributed by atoms with Crippen molar-refractivity contribution < 1.29 is 9.90 Å². The summed E-state index contributed by atoms with van der Waals surface area (Å²) in [4.78, 5) is 13.9. The van der Waals surface area contributed by atoms with Crippen molar-refractivity contribution in [3.05, 3.63) is 29.3 Å². The smallest absolute Gasteiger partial charge is 0.253 e. The molecule has 1 aromatic rings. The van der Waals surface area contributed by atoms with Gasteiger partial charge in [-0.1, -0.05) is 19.9 Å². The number of phenolic OH excluding ortho intramolecular Hbond substituents is 1. The van der Waals surface area contributed by atoms with Crippen LogP contribution in [0, 0.1) is 12.8 Å². The predicted octanol–water partition coefficient (Wildman–Crippen LogP) is 2.82. The van der Waals surface area contributed by atoms with Crippen LogP contribution in [0.3, 0.4) is 0 Å². The molecule has 0 aliphatic rings. The lowest BCUT2D eigenvalue weighted by Crippen LogP contribution is -2.38. The van der Waals surface area contributed by atoms with E-state index in [0.717, 1.165) is 5.56 Å². The normalized spacial score (nSPS) is 12.6. The van der Waals surface area contributed by atoms with Gasteiger partial charge in [-0.2, -0.15) is 0 Å². The minimum atomic E-state index is -0.0542. The molecule has 0 saturated carbocycles. The second-order valence-corrected chi connectivity index (χ2v) is 4.90.